The van der Waals surface area contributed by atoms with Gasteiger partial charge >= 0.3 is 5.97 Å². The van der Waals surface area contributed by atoms with Gasteiger partial charge in [0.15, 0.2) is 13.9 Å². The molecular formula is C28H40N2O5SSi. The highest BCUT2D eigenvalue weighted by molar-refractivity contribution is 7.90. The first kappa shape index (κ1) is 29.1. The van der Waals surface area contributed by atoms with Crippen molar-refractivity contribution >= 4 is 30.1 Å². The SMILES string of the molecule is Cc1ccc(S(=O)(=O)NC2=N[C@H](c3ccccc3)[C@@](O[Si](C)(C)C(C)(C)C)(C(=O)OC(C)(C)C)C2)cc1. The maximum absolute atomic E-state index is 14.0. The molecule has 3 rings (SSSR count). The molecule has 0 amide bonds. The van der Waals surface area contributed by atoms with Gasteiger partial charge in [0.1, 0.15) is 17.5 Å². The first-order chi connectivity index (χ1) is 16.9. The molecule has 1 heterocycles. The molecule has 9 heteroatoms. The Bertz CT molecular complexity index is 1260. The Hall–Kier alpha value is -2.49. The van der Waals surface area contributed by atoms with Crippen molar-refractivity contribution in [3.63, 3.8) is 0 Å². The molecule has 1 aliphatic heterocycles. The second kappa shape index (κ2) is 10.00. The van der Waals surface area contributed by atoms with Gasteiger partial charge in [-0.3, -0.25) is 9.71 Å². The maximum Gasteiger partial charge on any atom is 0.340 e. The molecule has 0 aliphatic carbocycles. The normalized spacial score (nSPS) is 20.9. The number of nitrogens with zero attached hydrogens (tertiary/aromatic N) is 1. The molecule has 0 saturated carbocycles. The average molecular weight is 545 g/mol. The minimum Gasteiger partial charge on any atom is -0.458 e. The zero-order valence-corrected chi connectivity index (χ0v) is 25.2. The third kappa shape index (κ3) is 6.51. The molecule has 0 bridgehead atoms. The van der Waals surface area contributed by atoms with Crippen molar-refractivity contribution in [2.75, 3.05) is 0 Å². The second-order valence-corrected chi connectivity index (χ2v) is 18.6. The Morgan fingerprint density at radius 3 is 2.08 bits per heavy atom. The molecular weight excluding hydrogens is 504 g/mol. The Balaban J connectivity index is 2.14. The summed E-state index contributed by atoms with van der Waals surface area (Å²) in [6.07, 6.45) is -0.0565. The lowest BCUT2D eigenvalue weighted by molar-refractivity contribution is -0.176. The second-order valence-electron chi connectivity index (χ2n) is 12.2. The van der Waals surface area contributed by atoms with Crippen molar-refractivity contribution in [1.82, 2.24) is 4.72 Å². The van der Waals surface area contributed by atoms with E-state index >= 15 is 0 Å². The van der Waals surface area contributed by atoms with Crippen LogP contribution in [0.5, 0.6) is 0 Å². The van der Waals surface area contributed by atoms with E-state index in [1.54, 1.807) is 45.0 Å². The third-order valence-electron chi connectivity index (χ3n) is 6.84. The van der Waals surface area contributed by atoms with Crippen LogP contribution in [0.2, 0.25) is 18.1 Å². The highest BCUT2D eigenvalue weighted by atomic mass is 32.2. The minimum atomic E-state index is -3.93. The Labute approximate surface area is 222 Å². The van der Waals surface area contributed by atoms with Crippen LogP contribution in [0, 0.1) is 6.92 Å². The molecule has 2 aromatic carbocycles. The molecule has 0 spiro atoms. The molecule has 2 atom stereocenters. The highest BCUT2D eigenvalue weighted by Gasteiger charge is 2.59. The number of nitrogens with one attached hydrogen (secondary N) is 1. The molecule has 7 nitrogen and oxygen atoms in total. The number of esters is 1. The van der Waals surface area contributed by atoms with Crippen LogP contribution in [0.3, 0.4) is 0 Å². The largest absolute Gasteiger partial charge is 0.458 e. The molecule has 1 N–H and O–H groups in total. The summed E-state index contributed by atoms with van der Waals surface area (Å²) in [5.74, 6) is -0.383. The smallest absolute Gasteiger partial charge is 0.340 e. The minimum absolute atomic E-state index is 0.0565. The van der Waals surface area contributed by atoms with E-state index in [9.17, 15) is 13.2 Å². The highest BCUT2D eigenvalue weighted by Crippen LogP contribution is 2.48. The van der Waals surface area contributed by atoms with Crippen LogP contribution in [0.4, 0.5) is 0 Å². The first-order valence-electron chi connectivity index (χ1n) is 12.5. The van der Waals surface area contributed by atoms with Crippen molar-refractivity contribution in [3.05, 3.63) is 65.7 Å². The fourth-order valence-electron chi connectivity index (χ4n) is 3.91. The molecule has 1 aliphatic rings. The number of sulfonamides is 1. The van der Waals surface area contributed by atoms with E-state index < -0.39 is 41.6 Å². The van der Waals surface area contributed by atoms with Gasteiger partial charge < -0.3 is 9.16 Å². The maximum atomic E-state index is 14.0. The molecule has 0 fully saturated rings. The van der Waals surface area contributed by atoms with Gasteiger partial charge in [0.2, 0.25) is 0 Å². The van der Waals surface area contributed by atoms with Gasteiger partial charge in [-0.05, 0) is 63.5 Å². The van der Waals surface area contributed by atoms with Crippen LogP contribution in [0.1, 0.15) is 65.1 Å². The Kier molecular flexibility index (Phi) is 7.86. The zero-order valence-electron chi connectivity index (χ0n) is 23.4. The molecule has 202 valence electrons. The van der Waals surface area contributed by atoms with Crippen LogP contribution in [0.15, 0.2) is 64.5 Å². The summed E-state index contributed by atoms with van der Waals surface area (Å²) < 4.78 is 42.0. The van der Waals surface area contributed by atoms with Crippen LogP contribution < -0.4 is 4.72 Å². The molecule has 0 unspecified atom stereocenters. The molecule has 37 heavy (non-hydrogen) atoms. The van der Waals surface area contributed by atoms with Gasteiger partial charge in [-0.1, -0.05) is 68.8 Å². The summed E-state index contributed by atoms with van der Waals surface area (Å²) in [6, 6.07) is 15.2. The van der Waals surface area contributed by atoms with Gasteiger partial charge in [0.25, 0.3) is 10.0 Å². The molecule has 0 radical (unpaired) electrons. The van der Waals surface area contributed by atoms with Crippen LogP contribution >= 0.6 is 0 Å². The molecule has 0 aromatic heterocycles. The molecule has 0 saturated heterocycles. The predicted molar refractivity (Wildman–Crippen MR) is 150 cm³/mol. The van der Waals surface area contributed by atoms with Crippen LogP contribution in [-0.4, -0.2) is 39.7 Å². The number of amidine groups is 1. The fraction of sp³-hybridized carbons (Fsp3) is 0.500. The van der Waals surface area contributed by atoms with Crippen molar-refractivity contribution < 1.29 is 22.4 Å². The number of hydrogen-bond donors (Lipinski definition) is 1. The van der Waals surface area contributed by atoms with Crippen molar-refractivity contribution in [2.24, 2.45) is 4.99 Å². The number of rotatable bonds is 6. The number of carbonyl (C=O) groups excluding carboxylic acids is 1. The standard InChI is InChI=1S/C28H40N2O5SSi/c1-20-15-17-22(18-16-20)36(32,33)30-23-19-28(25(31)34-26(2,3)4,35-37(8,9)27(5,6)7)24(29-23)21-13-11-10-12-14-21/h10-18,24H,19H2,1-9H3,(H,29,30)/t24-,28-/m1/s1. The first-order valence-corrected chi connectivity index (χ1v) is 16.9. The summed E-state index contributed by atoms with van der Waals surface area (Å²) in [4.78, 5) is 18.9. The van der Waals surface area contributed by atoms with Gasteiger partial charge in [-0.15, -0.1) is 0 Å². The van der Waals surface area contributed by atoms with E-state index in [2.05, 4.69) is 38.6 Å². The summed E-state index contributed by atoms with van der Waals surface area (Å²) >= 11 is 0. The van der Waals surface area contributed by atoms with E-state index in [-0.39, 0.29) is 22.2 Å². The zero-order chi connectivity index (χ0) is 27.9. The summed E-state index contributed by atoms with van der Waals surface area (Å²) in [5.41, 5.74) is -0.598. The topological polar surface area (TPSA) is 94.1 Å². The van der Waals surface area contributed by atoms with Gasteiger partial charge in [0.05, 0.1) is 4.90 Å². The number of aryl methyl sites for hydroxylation is 1. The van der Waals surface area contributed by atoms with E-state index in [1.165, 1.54) is 0 Å². The number of hydrogen-bond acceptors (Lipinski definition) is 6. The van der Waals surface area contributed by atoms with Crippen LogP contribution in [0.25, 0.3) is 0 Å². The number of ether oxygens (including phenoxy) is 1. The lowest BCUT2D eigenvalue weighted by Gasteiger charge is -2.45. The van der Waals surface area contributed by atoms with Crippen molar-refractivity contribution in [3.8, 4) is 0 Å². The fourth-order valence-corrected chi connectivity index (χ4v) is 6.45. The van der Waals surface area contributed by atoms with E-state index in [1.807, 2.05) is 37.3 Å². The lowest BCUT2D eigenvalue weighted by Crippen LogP contribution is -2.57. The molecule has 2 aromatic rings. The quantitative estimate of drug-likeness (QED) is 0.360. The van der Waals surface area contributed by atoms with E-state index in [4.69, 9.17) is 14.2 Å². The number of benzene rings is 2. The summed E-state index contributed by atoms with van der Waals surface area (Å²) in [7, 11) is -6.49. The van der Waals surface area contributed by atoms with Gasteiger partial charge in [-0.25, -0.2) is 13.2 Å². The van der Waals surface area contributed by atoms with E-state index in [0.717, 1.165) is 11.1 Å². The lowest BCUT2D eigenvalue weighted by atomic mass is 9.88. The predicted octanol–water partition coefficient (Wildman–Crippen LogP) is 5.92. The third-order valence-corrected chi connectivity index (χ3v) is 12.7. The van der Waals surface area contributed by atoms with E-state index in [0.29, 0.717) is 0 Å². The summed E-state index contributed by atoms with van der Waals surface area (Å²) in [6.45, 7) is 17.7. The van der Waals surface area contributed by atoms with Gasteiger partial charge in [0, 0.05) is 6.42 Å². The monoisotopic (exact) mass is 544 g/mol. The Morgan fingerprint density at radius 1 is 1.00 bits per heavy atom. The van der Waals surface area contributed by atoms with Crippen LogP contribution in [-0.2, 0) is 24.0 Å². The van der Waals surface area contributed by atoms with Crippen molar-refractivity contribution in [2.45, 2.75) is 95.2 Å². The van der Waals surface area contributed by atoms with Crippen molar-refractivity contribution in [1.29, 1.82) is 0 Å². The Morgan fingerprint density at radius 2 is 1.57 bits per heavy atom. The summed E-state index contributed by atoms with van der Waals surface area (Å²) in [5, 5.41) is -0.215. The average Bonchev–Trinajstić information content (AvgIpc) is 3.10. The van der Waals surface area contributed by atoms with Gasteiger partial charge in [-0.2, -0.15) is 0 Å². The number of carbonyl (C=O) groups is 1. The number of aliphatic imine (C=N–C) groups is 1.